The number of fused-ring (bicyclic) bond motifs is 1. The molecule has 0 bridgehead atoms. The minimum absolute atomic E-state index is 0.0470. The fourth-order valence-corrected chi connectivity index (χ4v) is 3.66. The van der Waals surface area contributed by atoms with E-state index in [9.17, 15) is 9.65 Å². The first-order valence-electron chi connectivity index (χ1n) is 9.40. The molecule has 0 amide bonds. The third-order valence-corrected chi connectivity index (χ3v) is 5.52. The van der Waals surface area contributed by atoms with Crippen molar-refractivity contribution in [2.75, 3.05) is 0 Å². The van der Waals surface area contributed by atoms with Gasteiger partial charge >= 0.3 is 0 Å². The van der Waals surface area contributed by atoms with Crippen molar-refractivity contribution in [1.82, 2.24) is 24.1 Å². The van der Waals surface area contributed by atoms with E-state index >= 15 is 0 Å². The molecular formula is C21H16ClFN6. The van der Waals surface area contributed by atoms with E-state index in [-0.39, 0.29) is 5.02 Å². The van der Waals surface area contributed by atoms with Gasteiger partial charge in [0, 0.05) is 12.1 Å². The summed E-state index contributed by atoms with van der Waals surface area (Å²) >= 11 is 6.01. The molecule has 8 heteroatoms. The molecule has 0 radical (unpaired) electrons. The number of aromatic nitrogens is 5. The van der Waals surface area contributed by atoms with Crippen LogP contribution in [0, 0.1) is 23.1 Å². The zero-order valence-electron chi connectivity index (χ0n) is 15.4. The van der Waals surface area contributed by atoms with E-state index < -0.39 is 5.82 Å². The van der Waals surface area contributed by atoms with Crippen molar-refractivity contribution >= 4 is 17.2 Å². The Balaban J connectivity index is 1.67. The summed E-state index contributed by atoms with van der Waals surface area (Å²) in [5.74, 6) is 0.296. The van der Waals surface area contributed by atoms with Gasteiger partial charge in [-0.1, -0.05) is 24.4 Å². The van der Waals surface area contributed by atoms with Crippen LogP contribution in [-0.4, -0.2) is 24.1 Å². The van der Waals surface area contributed by atoms with Crippen LogP contribution in [0.5, 0.6) is 0 Å². The molecule has 3 aromatic heterocycles. The van der Waals surface area contributed by atoms with Crippen LogP contribution in [0.15, 0.2) is 42.9 Å². The van der Waals surface area contributed by atoms with Gasteiger partial charge in [0.15, 0.2) is 11.3 Å². The summed E-state index contributed by atoms with van der Waals surface area (Å²) in [6, 6.07) is 10.4. The maximum Gasteiger partial charge on any atom is 0.162 e. The van der Waals surface area contributed by atoms with Crippen molar-refractivity contribution in [3.63, 3.8) is 0 Å². The van der Waals surface area contributed by atoms with Crippen molar-refractivity contribution in [1.29, 1.82) is 5.26 Å². The Kier molecular flexibility index (Phi) is 4.29. The second-order valence-electron chi connectivity index (χ2n) is 7.24. The second kappa shape index (κ2) is 6.98. The van der Waals surface area contributed by atoms with Crippen LogP contribution >= 0.6 is 11.6 Å². The summed E-state index contributed by atoms with van der Waals surface area (Å²) in [7, 11) is 0. The first kappa shape index (κ1) is 17.8. The predicted molar refractivity (Wildman–Crippen MR) is 107 cm³/mol. The largest absolute Gasteiger partial charge is 0.329 e. The summed E-state index contributed by atoms with van der Waals surface area (Å²) in [4.78, 5) is 8.79. The van der Waals surface area contributed by atoms with Crippen LogP contribution in [0.1, 0.15) is 25.0 Å². The first-order chi connectivity index (χ1) is 14.1. The molecule has 6 nitrogen and oxygen atoms in total. The Morgan fingerprint density at radius 2 is 2.07 bits per heavy atom. The second-order valence-corrected chi connectivity index (χ2v) is 7.65. The fourth-order valence-electron chi connectivity index (χ4n) is 3.48. The molecule has 0 unspecified atom stereocenters. The van der Waals surface area contributed by atoms with Gasteiger partial charge in [0.1, 0.15) is 17.6 Å². The van der Waals surface area contributed by atoms with E-state index in [1.807, 2.05) is 12.1 Å². The minimum atomic E-state index is -0.471. The smallest absolute Gasteiger partial charge is 0.162 e. The van der Waals surface area contributed by atoms with E-state index in [1.54, 1.807) is 18.5 Å². The molecule has 3 heterocycles. The van der Waals surface area contributed by atoms with Crippen LogP contribution in [0.3, 0.4) is 0 Å². The Morgan fingerprint density at radius 1 is 1.21 bits per heavy atom. The monoisotopic (exact) mass is 406 g/mol. The highest BCUT2D eigenvalue weighted by Gasteiger charge is 2.23. The molecule has 1 aromatic carbocycles. The van der Waals surface area contributed by atoms with Crippen molar-refractivity contribution in [2.45, 2.75) is 25.8 Å². The van der Waals surface area contributed by atoms with E-state index in [0.29, 0.717) is 28.3 Å². The number of hydrogen-bond acceptors (Lipinski definition) is 4. The number of benzene rings is 1. The zero-order chi connectivity index (χ0) is 20.0. The molecule has 4 aromatic rings. The van der Waals surface area contributed by atoms with Crippen LogP contribution in [0.25, 0.3) is 28.3 Å². The third kappa shape index (κ3) is 3.26. The van der Waals surface area contributed by atoms with E-state index in [4.69, 9.17) is 11.6 Å². The van der Waals surface area contributed by atoms with Crippen LogP contribution in [0.4, 0.5) is 4.39 Å². The van der Waals surface area contributed by atoms with Crippen LogP contribution in [-0.2, 0) is 6.54 Å². The molecule has 0 atom stereocenters. The molecule has 0 saturated heterocycles. The average molecular weight is 407 g/mol. The molecule has 5 rings (SSSR count). The van der Waals surface area contributed by atoms with E-state index in [0.717, 1.165) is 24.6 Å². The predicted octanol–water partition coefficient (Wildman–Crippen LogP) is 4.72. The van der Waals surface area contributed by atoms with Crippen molar-refractivity contribution in [3.8, 4) is 28.7 Å². The summed E-state index contributed by atoms with van der Waals surface area (Å²) in [5, 5.41) is 14.0. The SMILES string of the molecule is N#Cc1cnc2ccc(-c3c(-c4ccc(F)c(Cl)c4)ncn3CCC3CC3)nn12. The van der Waals surface area contributed by atoms with Gasteiger partial charge in [0.25, 0.3) is 0 Å². The third-order valence-electron chi connectivity index (χ3n) is 5.23. The number of halogens is 2. The van der Waals surface area contributed by atoms with Gasteiger partial charge in [-0.3, -0.25) is 0 Å². The summed E-state index contributed by atoms with van der Waals surface area (Å²) in [5.41, 5.74) is 3.82. The highest BCUT2D eigenvalue weighted by Crippen LogP contribution is 2.36. The maximum absolute atomic E-state index is 13.7. The molecule has 0 N–H and O–H groups in total. The molecule has 0 aliphatic heterocycles. The molecule has 1 fully saturated rings. The lowest BCUT2D eigenvalue weighted by Gasteiger charge is -2.10. The number of nitrogens with zero attached hydrogens (tertiary/aromatic N) is 6. The number of aryl methyl sites for hydroxylation is 1. The van der Waals surface area contributed by atoms with E-state index in [2.05, 4.69) is 25.7 Å². The Morgan fingerprint density at radius 3 is 2.83 bits per heavy atom. The molecule has 1 aliphatic rings. The molecule has 29 heavy (non-hydrogen) atoms. The van der Waals surface area contributed by atoms with Crippen molar-refractivity contribution in [2.24, 2.45) is 5.92 Å². The fraction of sp³-hybridized carbons (Fsp3) is 0.238. The summed E-state index contributed by atoms with van der Waals surface area (Å²) in [6.45, 7) is 0.816. The van der Waals surface area contributed by atoms with Gasteiger partial charge < -0.3 is 4.57 Å². The van der Waals surface area contributed by atoms with Gasteiger partial charge in [0.2, 0.25) is 0 Å². The van der Waals surface area contributed by atoms with Crippen molar-refractivity contribution < 1.29 is 4.39 Å². The maximum atomic E-state index is 13.7. The van der Waals surface area contributed by atoms with Crippen molar-refractivity contribution in [3.05, 3.63) is 59.4 Å². The molecule has 0 spiro atoms. The van der Waals surface area contributed by atoms with Gasteiger partial charge in [-0.15, -0.1) is 0 Å². The molecular weight excluding hydrogens is 391 g/mol. The number of nitriles is 1. The van der Waals surface area contributed by atoms with Crippen LogP contribution in [0.2, 0.25) is 5.02 Å². The Hall–Kier alpha value is -3.24. The van der Waals surface area contributed by atoms with Gasteiger partial charge in [-0.2, -0.15) is 10.4 Å². The van der Waals surface area contributed by atoms with Gasteiger partial charge in [-0.25, -0.2) is 18.9 Å². The zero-order valence-corrected chi connectivity index (χ0v) is 16.1. The molecule has 1 aliphatic carbocycles. The van der Waals surface area contributed by atoms with Gasteiger partial charge in [0.05, 0.1) is 28.9 Å². The quantitative estimate of drug-likeness (QED) is 0.480. The highest BCUT2D eigenvalue weighted by atomic mass is 35.5. The topological polar surface area (TPSA) is 71.8 Å². The first-order valence-corrected chi connectivity index (χ1v) is 9.77. The standard InChI is InChI=1S/C21H16ClFN6/c22-16-9-14(3-4-17(16)23)20-21(28(12-26-20)8-7-13-1-2-13)18-5-6-19-25-11-15(10-24)29(19)27-18/h3-6,9,11-13H,1-2,7-8H2. The lowest BCUT2D eigenvalue weighted by Crippen LogP contribution is -2.04. The minimum Gasteiger partial charge on any atom is -0.329 e. The summed E-state index contributed by atoms with van der Waals surface area (Å²) in [6.07, 6.45) is 6.90. The molecule has 144 valence electrons. The van der Waals surface area contributed by atoms with E-state index in [1.165, 1.54) is 29.6 Å². The lowest BCUT2D eigenvalue weighted by molar-refractivity contribution is 0.599. The number of imidazole rings is 2. The molecule has 1 saturated carbocycles. The highest BCUT2D eigenvalue weighted by molar-refractivity contribution is 6.31. The average Bonchev–Trinajstić information content (AvgIpc) is 3.32. The Bertz CT molecular complexity index is 1260. The summed E-state index contributed by atoms with van der Waals surface area (Å²) < 4.78 is 17.3. The van der Waals surface area contributed by atoms with Gasteiger partial charge in [-0.05, 0) is 42.7 Å². The number of hydrogen-bond donors (Lipinski definition) is 0. The number of rotatable bonds is 5. The lowest BCUT2D eigenvalue weighted by atomic mass is 10.1. The Labute approximate surface area is 171 Å². The normalized spacial score (nSPS) is 13.7. The van der Waals surface area contributed by atoms with Crippen LogP contribution < -0.4 is 0 Å².